The van der Waals surface area contributed by atoms with Crippen molar-refractivity contribution in [3.8, 4) is 5.75 Å². The van der Waals surface area contributed by atoms with E-state index in [4.69, 9.17) is 16.3 Å². The molecule has 0 bridgehead atoms. The van der Waals surface area contributed by atoms with Crippen LogP contribution in [0.5, 0.6) is 5.75 Å². The van der Waals surface area contributed by atoms with Crippen LogP contribution in [0, 0.1) is 0 Å². The molecule has 1 fully saturated rings. The van der Waals surface area contributed by atoms with Gasteiger partial charge in [0.05, 0.1) is 12.2 Å². The molecule has 0 radical (unpaired) electrons. The van der Waals surface area contributed by atoms with E-state index in [0.29, 0.717) is 36.4 Å². The Bertz CT molecular complexity index is 458. The summed E-state index contributed by atoms with van der Waals surface area (Å²) in [6.45, 7) is 3.09. The fourth-order valence-electron chi connectivity index (χ4n) is 3.01. The van der Waals surface area contributed by atoms with E-state index in [2.05, 4.69) is 0 Å². The molecule has 1 aromatic rings. The molecule has 3 nitrogen and oxygen atoms in total. The Morgan fingerprint density at radius 1 is 1.29 bits per heavy atom. The molecule has 0 aromatic heterocycles. The summed E-state index contributed by atoms with van der Waals surface area (Å²) in [5.41, 5.74) is 0.648. The number of ether oxygens (including phenoxy) is 1. The van der Waals surface area contributed by atoms with Crippen molar-refractivity contribution in [3.05, 3.63) is 29.8 Å². The van der Waals surface area contributed by atoms with Gasteiger partial charge in [-0.1, -0.05) is 31.4 Å². The standard InChI is InChI=1S/C17H24ClNO2/c1-2-21-16-11-7-6-10-15(16)17(20)19(13-12-18)14-8-4-3-5-9-14/h6-7,10-11,14H,2-5,8-9,12-13H2,1H3. The molecule has 0 atom stereocenters. The smallest absolute Gasteiger partial charge is 0.257 e. The van der Waals surface area contributed by atoms with E-state index in [9.17, 15) is 4.79 Å². The van der Waals surface area contributed by atoms with Gasteiger partial charge in [0.2, 0.25) is 0 Å². The van der Waals surface area contributed by atoms with Gasteiger partial charge < -0.3 is 9.64 Å². The summed E-state index contributed by atoms with van der Waals surface area (Å²) in [7, 11) is 0. The van der Waals surface area contributed by atoms with Crippen LogP contribution < -0.4 is 4.74 Å². The van der Waals surface area contributed by atoms with E-state index in [0.717, 1.165) is 12.8 Å². The number of alkyl halides is 1. The van der Waals surface area contributed by atoms with Crippen molar-refractivity contribution in [3.63, 3.8) is 0 Å². The molecule has 21 heavy (non-hydrogen) atoms. The summed E-state index contributed by atoms with van der Waals surface area (Å²) < 4.78 is 5.59. The Morgan fingerprint density at radius 2 is 2.00 bits per heavy atom. The van der Waals surface area contributed by atoms with Gasteiger partial charge in [-0.3, -0.25) is 4.79 Å². The maximum absolute atomic E-state index is 12.9. The Hall–Kier alpha value is -1.22. The molecule has 1 aromatic carbocycles. The van der Waals surface area contributed by atoms with Gasteiger partial charge in [0, 0.05) is 18.5 Å². The Kier molecular flexibility index (Phi) is 6.37. The molecule has 0 N–H and O–H groups in total. The summed E-state index contributed by atoms with van der Waals surface area (Å²) in [4.78, 5) is 14.9. The minimum Gasteiger partial charge on any atom is -0.493 e. The highest BCUT2D eigenvalue weighted by molar-refractivity contribution is 6.18. The number of carbonyl (C=O) groups is 1. The highest BCUT2D eigenvalue weighted by Crippen LogP contribution is 2.26. The molecule has 0 spiro atoms. The fraction of sp³-hybridized carbons (Fsp3) is 0.588. The second-order valence-corrected chi connectivity index (χ2v) is 5.79. The summed E-state index contributed by atoms with van der Waals surface area (Å²) >= 11 is 5.92. The normalized spacial score (nSPS) is 15.7. The zero-order valence-electron chi connectivity index (χ0n) is 12.7. The number of amides is 1. The molecule has 0 saturated heterocycles. The van der Waals surface area contributed by atoms with E-state index in [1.165, 1.54) is 19.3 Å². The first-order valence-electron chi connectivity index (χ1n) is 7.86. The first kappa shape index (κ1) is 16.2. The second-order valence-electron chi connectivity index (χ2n) is 5.41. The number of halogens is 1. The number of para-hydroxylation sites is 1. The van der Waals surface area contributed by atoms with E-state index < -0.39 is 0 Å². The lowest BCUT2D eigenvalue weighted by Crippen LogP contribution is -2.42. The predicted molar refractivity (Wildman–Crippen MR) is 86.2 cm³/mol. The molecule has 0 aliphatic heterocycles. The number of benzene rings is 1. The van der Waals surface area contributed by atoms with Crippen LogP contribution >= 0.6 is 11.6 Å². The molecule has 116 valence electrons. The summed E-state index contributed by atoms with van der Waals surface area (Å²) in [6.07, 6.45) is 5.83. The van der Waals surface area contributed by atoms with Crippen LogP contribution in [0.3, 0.4) is 0 Å². The SMILES string of the molecule is CCOc1ccccc1C(=O)N(CCCl)C1CCCCC1. The molecule has 1 aliphatic rings. The van der Waals surface area contributed by atoms with Crippen molar-refractivity contribution in [1.82, 2.24) is 4.90 Å². The van der Waals surface area contributed by atoms with Crippen LogP contribution in [0.4, 0.5) is 0 Å². The summed E-state index contributed by atoms with van der Waals surface area (Å²) in [5, 5.41) is 0. The van der Waals surface area contributed by atoms with Crippen LogP contribution in [0.2, 0.25) is 0 Å². The van der Waals surface area contributed by atoms with E-state index in [1.807, 2.05) is 36.1 Å². The van der Waals surface area contributed by atoms with Crippen LogP contribution in [0.25, 0.3) is 0 Å². The zero-order valence-corrected chi connectivity index (χ0v) is 13.4. The molecule has 0 unspecified atom stereocenters. The van der Waals surface area contributed by atoms with Crippen LogP contribution in [0.15, 0.2) is 24.3 Å². The number of hydrogen-bond acceptors (Lipinski definition) is 2. The molecule has 1 saturated carbocycles. The average Bonchev–Trinajstić information content (AvgIpc) is 2.54. The van der Waals surface area contributed by atoms with Gasteiger partial charge >= 0.3 is 0 Å². The second kappa shape index (κ2) is 8.28. The third-order valence-corrected chi connectivity index (χ3v) is 4.19. The van der Waals surface area contributed by atoms with Crippen molar-refractivity contribution < 1.29 is 9.53 Å². The van der Waals surface area contributed by atoms with Gasteiger partial charge in [0.25, 0.3) is 5.91 Å². The molecule has 1 aliphatic carbocycles. The predicted octanol–water partition coefficient (Wildman–Crippen LogP) is 4.10. The van der Waals surface area contributed by atoms with Gasteiger partial charge in [-0.25, -0.2) is 0 Å². The number of rotatable bonds is 6. The summed E-state index contributed by atoms with van der Waals surface area (Å²) in [5.74, 6) is 1.19. The molecule has 2 rings (SSSR count). The Labute approximate surface area is 132 Å². The molecule has 4 heteroatoms. The van der Waals surface area contributed by atoms with Crippen molar-refractivity contribution in [2.45, 2.75) is 45.1 Å². The van der Waals surface area contributed by atoms with Crippen molar-refractivity contribution in [1.29, 1.82) is 0 Å². The third kappa shape index (κ3) is 4.13. The maximum atomic E-state index is 12.9. The first-order valence-corrected chi connectivity index (χ1v) is 8.40. The van der Waals surface area contributed by atoms with Crippen LogP contribution in [-0.2, 0) is 0 Å². The lowest BCUT2D eigenvalue weighted by Gasteiger charge is -2.34. The zero-order chi connectivity index (χ0) is 15.1. The van der Waals surface area contributed by atoms with E-state index in [-0.39, 0.29) is 5.91 Å². The Balaban J connectivity index is 2.21. The van der Waals surface area contributed by atoms with Crippen molar-refractivity contribution >= 4 is 17.5 Å². The summed E-state index contributed by atoms with van der Waals surface area (Å²) in [6, 6.07) is 7.80. The molecular formula is C17H24ClNO2. The fourth-order valence-corrected chi connectivity index (χ4v) is 3.20. The van der Waals surface area contributed by atoms with E-state index in [1.54, 1.807) is 0 Å². The minimum atomic E-state index is 0.0478. The van der Waals surface area contributed by atoms with Crippen LogP contribution in [0.1, 0.15) is 49.4 Å². The largest absolute Gasteiger partial charge is 0.493 e. The van der Waals surface area contributed by atoms with Gasteiger partial charge in [-0.05, 0) is 31.9 Å². The Morgan fingerprint density at radius 3 is 2.67 bits per heavy atom. The highest BCUT2D eigenvalue weighted by Gasteiger charge is 2.27. The number of nitrogens with zero attached hydrogens (tertiary/aromatic N) is 1. The van der Waals surface area contributed by atoms with Crippen LogP contribution in [-0.4, -0.2) is 35.9 Å². The monoisotopic (exact) mass is 309 g/mol. The average molecular weight is 310 g/mol. The minimum absolute atomic E-state index is 0.0478. The first-order chi connectivity index (χ1) is 10.3. The molecule has 1 amide bonds. The van der Waals surface area contributed by atoms with Gasteiger partial charge in [-0.2, -0.15) is 0 Å². The maximum Gasteiger partial charge on any atom is 0.257 e. The lowest BCUT2D eigenvalue weighted by atomic mass is 9.93. The van der Waals surface area contributed by atoms with Gasteiger partial charge in [-0.15, -0.1) is 11.6 Å². The lowest BCUT2D eigenvalue weighted by molar-refractivity contribution is 0.0645. The van der Waals surface area contributed by atoms with E-state index >= 15 is 0 Å². The topological polar surface area (TPSA) is 29.5 Å². The number of hydrogen-bond donors (Lipinski definition) is 0. The van der Waals surface area contributed by atoms with Gasteiger partial charge in [0.15, 0.2) is 0 Å². The molecule has 0 heterocycles. The van der Waals surface area contributed by atoms with Gasteiger partial charge in [0.1, 0.15) is 5.75 Å². The van der Waals surface area contributed by atoms with Crippen molar-refractivity contribution in [2.75, 3.05) is 19.0 Å². The van der Waals surface area contributed by atoms with Crippen molar-refractivity contribution in [2.24, 2.45) is 0 Å². The quantitative estimate of drug-likeness (QED) is 0.740. The highest BCUT2D eigenvalue weighted by atomic mass is 35.5. The molecular weight excluding hydrogens is 286 g/mol. The number of carbonyl (C=O) groups excluding carboxylic acids is 1. The third-order valence-electron chi connectivity index (χ3n) is 4.02.